The van der Waals surface area contributed by atoms with E-state index in [2.05, 4.69) is 15.5 Å². The van der Waals surface area contributed by atoms with Gasteiger partial charge in [0.25, 0.3) is 12.9 Å². The molecule has 0 fully saturated rings. The van der Waals surface area contributed by atoms with Crippen LogP contribution >= 0.6 is 23.2 Å². The Morgan fingerprint density at radius 1 is 1.07 bits per heavy atom. The number of halogens is 6. The van der Waals surface area contributed by atoms with E-state index < -0.39 is 36.7 Å². The molecule has 2 aromatic heterocycles. The second-order valence-electron chi connectivity index (χ2n) is 5.92. The summed E-state index contributed by atoms with van der Waals surface area (Å²) in [5.41, 5.74) is -0.857. The van der Waals surface area contributed by atoms with E-state index in [1.54, 1.807) is 24.3 Å². The van der Waals surface area contributed by atoms with Gasteiger partial charge in [-0.1, -0.05) is 41.4 Å². The predicted molar refractivity (Wildman–Crippen MR) is 98.6 cm³/mol. The van der Waals surface area contributed by atoms with E-state index in [0.717, 1.165) is 5.56 Å². The quantitative estimate of drug-likeness (QED) is 0.519. The molecule has 0 aliphatic carbocycles. The van der Waals surface area contributed by atoms with Gasteiger partial charge in [-0.05, 0) is 17.7 Å². The van der Waals surface area contributed by atoms with Crippen LogP contribution in [0.3, 0.4) is 0 Å². The first kappa shape index (κ1) is 21.1. The molecule has 0 atom stereocenters. The van der Waals surface area contributed by atoms with Gasteiger partial charge in [0.1, 0.15) is 23.0 Å². The lowest BCUT2D eigenvalue weighted by Gasteiger charge is -2.07. The molecule has 0 aliphatic rings. The van der Waals surface area contributed by atoms with Crippen LogP contribution in [0.25, 0.3) is 0 Å². The largest absolute Gasteiger partial charge is 0.306 e. The Hall–Kier alpha value is -2.59. The van der Waals surface area contributed by atoms with E-state index in [1.165, 1.54) is 10.9 Å². The van der Waals surface area contributed by atoms with E-state index in [9.17, 15) is 22.4 Å². The van der Waals surface area contributed by atoms with Crippen molar-refractivity contribution in [3.8, 4) is 0 Å². The summed E-state index contributed by atoms with van der Waals surface area (Å²) in [6.07, 6.45) is -4.65. The first-order valence-electron chi connectivity index (χ1n) is 8.14. The highest BCUT2D eigenvalue weighted by atomic mass is 35.5. The summed E-state index contributed by atoms with van der Waals surface area (Å²) in [5.74, 6) is -0.815. The average Bonchev–Trinajstić information content (AvgIpc) is 3.21. The number of nitrogens with zero attached hydrogens (tertiary/aromatic N) is 4. The van der Waals surface area contributed by atoms with Crippen molar-refractivity contribution in [2.45, 2.75) is 25.9 Å². The van der Waals surface area contributed by atoms with Crippen molar-refractivity contribution in [2.75, 3.05) is 5.32 Å². The van der Waals surface area contributed by atoms with Crippen LogP contribution in [-0.4, -0.2) is 25.5 Å². The van der Waals surface area contributed by atoms with Crippen molar-refractivity contribution in [3.05, 3.63) is 63.5 Å². The molecule has 3 aromatic rings. The number of benzene rings is 1. The normalized spacial score (nSPS) is 11.4. The molecular weight excluding hydrogens is 437 g/mol. The second kappa shape index (κ2) is 8.83. The van der Waals surface area contributed by atoms with Crippen molar-refractivity contribution in [1.29, 1.82) is 0 Å². The molecule has 1 aromatic carbocycles. The fourth-order valence-corrected chi connectivity index (χ4v) is 2.93. The Morgan fingerprint density at radius 3 is 2.45 bits per heavy atom. The molecule has 1 N–H and O–H groups in total. The zero-order valence-electron chi connectivity index (χ0n) is 14.5. The molecule has 0 radical (unpaired) electrons. The highest BCUT2D eigenvalue weighted by Crippen LogP contribution is 2.26. The third-order valence-electron chi connectivity index (χ3n) is 3.84. The molecule has 12 heteroatoms. The molecule has 0 saturated carbocycles. The maximum Gasteiger partial charge on any atom is 0.282 e. The van der Waals surface area contributed by atoms with Gasteiger partial charge in [0.05, 0.1) is 6.54 Å². The number of hydrogen-bond donors (Lipinski definition) is 1. The number of alkyl halides is 4. The highest BCUT2D eigenvalue weighted by molar-refractivity contribution is 6.33. The summed E-state index contributed by atoms with van der Waals surface area (Å²) < 4.78 is 53.4. The number of carbonyl (C=O) groups is 1. The van der Waals surface area contributed by atoms with Gasteiger partial charge < -0.3 is 5.32 Å². The van der Waals surface area contributed by atoms with E-state index in [1.807, 2.05) is 0 Å². The molecule has 154 valence electrons. The Morgan fingerprint density at radius 2 is 1.79 bits per heavy atom. The van der Waals surface area contributed by atoms with Crippen LogP contribution < -0.4 is 5.32 Å². The summed E-state index contributed by atoms with van der Waals surface area (Å²) in [5, 5.41) is 10.5. The maximum absolute atomic E-state index is 13.0. The molecule has 3 rings (SSSR count). The van der Waals surface area contributed by atoms with Crippen molar-refractivity contribution in [3.63, 3.8) is 0 Å². The van der Waals surface area contributed by atoms with Crippen LogP contribution in [0.4, 0.5) is 23.4 Å². The average molecular weight is 450 g/mol. The minimum Gasteiger partial charge on any atom is -0.306 e. The number of amides is 1. The topological polar surface area (TPSA) is 64.7 Å². The fraction of sp³-hybridized carbons (Fsp3) is 0.235. The van der Waals surface area contributed by atoms with Crippen molar-refractivity contribution in [2.24, 2.45) is 0 Å². The number of nitrogens with one attached hydrogen (secondary N) is 1. The van der Waals surface area contributed by atoms with Gasteiger partial charge in [0, 0.05) is 11.2 Å². The standard InChI is InChI=1S/C17H13Cl2F4N5O/c18-10-4-2-1-3-9(10)6-27-7-11(19)17(26-27)24-14(29)8-28-13(16(22)23)5-12(25-28)15(20)21/h1-5,7,15-16H,6,8H2,(H,24,26,29). The molecule has 29 heavy (non-hydrogen) atoms. The van der Waals surface area contributed by atoms with Crippen LogP contribution in [0.2, 0.25) is 10.0 Å². The molecule has 0 unspecified atom stereocenters. The summed E-state index contributed by atoms with van der Waals surface area (Å²) in [7, 11) is 0. The minimum absolute atomic E-state index is 0.0106. The van der Waals surface area contributed by atoms with Gasteiger partial charge in [0.2, 0.25) is 5.91 Å². The summed E-state index contributed by atoms with van der Waals surface area (Å²) >= 11 is 12.1. The lowest BCUT2D eigenvalue weighted by atomic mass is 10.2. The Labute approximate surface area is 172 Å². The van der Waals surface area contributed by atoms with Crippen LogP contribution in [-0.2, 0) is 17.9 Å². The van der Waals surface area contributed by atoms with Crippen LogP contribution in [0.1, 0.15) is 29.8 Å². The van der Waals surface area contributed by atoms with Crippen molar-refractivity contribution < 1.29 is 22.4 Å². The van der Waals surface area contributed by atoms with Gasteiger partial charge in [0.15, 0.2) is 5.82 Å². The van der Waals surface area contributed by atoms with Gasteiger partial charge in [-0.25, -0.2) is 17.6 Å². The molecule has 6 nitrogen and oxygen atoms in total. The number of anilines is 1. The monoisotopic (exact) mass is 449 g/mol. The van der Waals surface area contributed by atoms with Gasteiger partial charge in [-0.15, -0.1) is 0 Å². The number of carbonyl (C=O) groups excluding carboxylic acids is 1. The Kier molecular flexibility index (Phi) is 6.43. The number of aromatic nitrogens is 4. The van der Waals surface area contributed by atoms with Gasteiger partial charge in [-0.3, -0.25) is 14.2 Å². The van der Waals surface area contributed by atoms with E-state index in [-0.39, 0.29) is 17.4 Å². The minimum atomic E-state index is -3.07. The number of hydrogen-bond acceptors (Lipinski definition) is 3. The Balaban J connectivity index is 1.72. The molecule has 0 saturated heterocycles. The first-order valence-corrected chi connectivity index (χ1v) is 8.90. The van der Waals surface area contributed by atoms with E-state index in [4.69, 9.17) is 23.2 Å². The third kappa shape index (κ3) is 5.07. The third-order valence-corrected chi connectivity index (χ3v) is 4.48. The first-order chi connectivity index (χ1) is 13.7. The molecule has 0 bridgehead atoms. The number of rotatable bonds is 7. The zero-order chi connectivity index (χ0) is 21.1. The van der Waals surface area contributed by atoms with Gasteiger partial charge >= 0.3 is 0 Å². The smallest absolute Gasteiger partial charge is 0.282 e. The lowest BCUT2D eigenvalue weighted by Crippen LogP contribution is -2.21. The summed E-state index contributed by atoms with van der Waals surface area (Å²) in [6, 6.07) is 7.64. The van der Waals surface area contributed by atoms with Crippen molar-refractivity contribution >= 4 is 34.9 Å². The van der Waals surface area contributed by atoms with Gasteiger partial charge in [-0.2, -0.15) is 10.2 Å². The predicted octanol–water partition coefficient (Wildman–Crippen LogP) is 4.95. The fourth-order valence-electron chi connectivity index (χ4n) is 2.53. The highest BCUT2D eigenvalue weighted by Gasteiger charge is 2.23. The molecule has 0 aliphatic heterocycles. The summed E-state index contributed by atoms with van der Waals surface area (Å²) in [4.78, 5) is 12.2. The Bertz CT molecular complexity index is 1020. The maximum atomic E-state index is 13.0. The van der Waals surface area contributed by atoms with Crippen LogP contribution in [0.5, 0.6) is 0 Å². The molecule has 2 heterocycles. The van der Waals surface area contributed by atoms with E-state index >= 15 is 0 Å². The SMILES string of the molecule is O=C(Cn1nc(C(F)F)cc1C(F)F)Nc1nn(Cc2ccccc2Cl)cc1Cl. The second-order valence-corrected chi connectivity index (χ2v) is 6.73. The molecular formula is C17H13Cl2F4N5O. The van der Waals surface area contributed by atoms with Crippen molar-refractivity contribution in [1.82, 2.24) is 19.6 Å². The molecule has 0 spiro atoms. The zero-order valence-corrected chi connectivity index (χ0v) is 16.0. The van der Waals surface area contributed by atoms with Crippen LogP contribution in [0.15, 0.2) is 36.5 Å². The lowest BCUT2D eigenvalue weighted by molar-refractivity contribution is -0.117. The van der Waals surface area contributed by atoms with Crippen LogP contribution in [0, 0.1) is 0 Å². The summed E-state index contributed by atoms with van der Waals surface area (Å²) in [6.45, 7) is -0.429. The molecule has 1 amide bonds. The van der Waals surface area contributed by atoms with E-state index in [0.29, 0.717) is 15.8 Å².